The van der Waals surface area contributed by atoms with E-state index in [1.807, 2.05) is 13.5 Å². The van der Waals surface area contributed by atoms with Crippen molar-refractivity contribution in [2.75, 3.05) is 0 Å². The van der Waals surface area contributed by atoms with E-state index < -0.39 is 42.9 Å². The van der Waals surface area contributed by atoms with E-state index >= 15 is 0 Å². The fourth-order valence-electron chi connectivity index (χ4n) is 2.52. The van der Waals surface area contributed by atoms with Crippen molar-refractivity contribution >= 4 is 37.1 Å². The summed E-state index contributed by atoms with van der Waals surface area (Å²) in [6, 6.07) is 0. The minimum Gasteiger partial charge on any atom is -0.460 e. The van der Waals surface area contributed by atoms with Gasteiger partial charge in [-0.1, -0.05) is 6.92 Å². The predicted octanol–water partition coefficient (Wildman–Crippen LogP) is 4.13. The zero-order chi connectivity index (χ0) is 20.8. The molecule has 0 rings (SSSR count). The molecule has 0 amide bonds. The number of carbonyl (C=O) groups is 2. The zero-order valence-electron chi connectivity index (χ0n) is 18.0. The first-order chi connectivity index (χ1) is 11.6. The number of ether oxygens (including phenoxy) is 2. The van der Waals surface area contributed by atoms with Crippen LogP contribution in [-0.2, 0) is 27.3 Å². The van der Waals surface area contributed by atoms with E-state index in [-0.39, 0.29) is 6.10 Å². The van der Waals surface area contributed by atoms with Crippen LogP contribution in [0.4, 0.5) is 0 Å². The normalized spacial score (nSPS) is 14.6. The molecule has 0 spiro atoms. The molecule has 152 valence electrons. The van der Waals surface area contributed by atoms with Gasteiger partial charge in [0.25, 0.3) is 0 Å². The maximum Gasteiger partial charge on any atom is 0.356 e. The van der Waals surface area contributed by atoms with Crippen molar-refractivity contribution in [3.05, 3.63) is 12.2 Å². The van der Waals surface area contributed by atoms with E-state index in [9.17, 15) is 9.59 Å². The molecule has 0 heterocycles. The first-order valence-corrected chi connectivity index (χ1v) is 18.3. The molecule has 0 aromatic heterocycles. The lowest BCUT2D eigenvalue weighted by Gasteiger charge is -2.42. The van der Waals surface area contributed by atoms with Crippen LogP contribution < -0.4 is 0 Å². The van der Waals surface area contributed by atoms with E-state index in [0.717, 1.165) is 12.2 Å². The molecule has 0 aromatic carbocycles. The molecule has 0 saturated heterocycles. The Morgan fingerprint density at radius 1 is 0.808 bits per heavy atom. The molecular formula is C17H36O6Si3. The van der Waals surface area contributed by atoms with Crippen LogP contribution >= 0.6 is 0 Å². The van der Waals surface area contributed by atoms with Crippen molar-refractivity contribution in [3.8, 4) is 0 Å². The van der Waals surface area contributed by atoms with Crippen LogP contribution in [0.25, 0.3) is 0 Å². The van der Waals surface area contributed by atoms with Crippen LogP contribution in [0.5, 0.6) is 0 Å². The summed E-state index contributed by atoms with van der Waals surface area (Å²) in [4.78, 5) is 23.7. The average molecular weight is 421 g/mol. The van der Waals surface area contributed by atoms with Crippen LogP contribution in [-0.4, -0.2) is 49.0 Å². The summed E-state index contributed by atoms with van der Waals surface area (Å²) in [5, 5.41) is 0. The van der Waals surface area contributed by atoms with Gasteiger partial charge in [-0.25, -0.2) is 9.59 Å². The number of esters is 2. The van der Waals surface area contributed by atoms with E-state index in [0.29, 0.717) is 6.42 Å². The summed E-state index contributed by atoms with van der Waals surface area (Å²) < 4.78 is 23.5. The lowest BCUT2D eigenvalue weighted by Crippen LogP contribution is -2.60. The van der Waals surface area contributed by atoms with E-state index in [2.05, 4.69) is 39.3 Å². The van der Waals surface area contributed by atoms with Crippen molar-refractivity contribution < 1.29 is 27.3 Å². The summed E-state index contributed by atoms with van der Waals surface area (Å²) in [5.41, 5.74) is -0.445. The summed E-state index contributed by atoms with van der Waals surface area (Å²) >= 11 is 0. The van der Waals surface area contributed by atoms with Crippen LogP contribution in [0.15, 0.2) is 12.2 Å². The molecule has 1 atom stereocenters. The number of hydrogen-bond donors (Lipinski definition) is 0. The van der Waals surface area contributed by atoms with Gasteiger partial charge in [-0.2, -0.15) is 0 Å². The molecular weight excluding hydrogens is 384 g/mol. The summed E-state index contributed by atoms with van der Waals surface area (Å²) in [6.07, 6.45) is 2.54. The highest BCUT2D eigenvalue weighted by atomic mass is 28.5. The number of hydrogen-bond acceptors (Lipinski definition) is 6. The molecule has 0 aliphatic rings. The number of rotatable bonds is 10. The lowest BCUT2D eigenvalue weighted by molar-refractivity contribution is -0.144. The predicted molar refractivity (Wildman–Crippen MR) is 111 cm³/mol. The van der Waals surface area contributed by atoms with Gasteiger partial charge in [0.05, 0.1) is 6.10 Å². The fourth-order valence-corrected chi connectivity index (χ4v) is 14.9. The van der Waals surface area contributed by atoms with Gasteiger partial charge in [-0.05, 0) is 66.1 Å². The third-order valence-corrected chi connectivity index (χ3v) is 12.8. The highest BCUT2D eigenvalue weighted by Gasteiger charge is 2.48. The zero-order valence-corrected chi connectivity index (χ0v) is 21.0. The van der Waals surface area contributed by atoms with E-state index in [1.54, 1.807) is 13.8 Å². The van der Waals surface area contributed by atoms with Gasteiger partial charge >= 0.3 is 20.5 Å². The van der Waals surface area contributed by atoms with E-state index in [4.69, 9.17) is 17.7 Å². The molecule has 0 aliphatic heterocycles. The lowest BCUT2D eigenvalue weighted by atomic mass is 10.4. The Bertz CT molecular complexity index is 490. The third kappa shape index (κ3) is 11.1. The first kappa shape index (κ1) is 25.3. The Balaban J connectivity index is 5.29. The SMILES string of the molecule is CCC(OC(=O)/C=C/C(=O)OC(C)C)[Si](C)(O[Si](C)(C)C)O[Si](C)(C)C. The first-order valence-electron chi connectivity index (χ1n) is 9.07. The van der Waals surface area contributed by atoms with Gasteiger partial charge in [0.2, 0.25) is 0 Å². The quantitative estimate of drug-likeness (QED) is 0.301. The molecule has 0 fully saturated rings. The Labute approximate surface area is 161 Å². The van der Waals surface area contributed by atoms with Crippen molar-refractivity contribution in [3.63, 3.8) is 0 Å². The fraction of sp³-hybridized carbons (Fsp3) is 0.765. The van der Waals surface area contributed by atoms with Gasteiger partial charge < -0.3 is 17.7 Å². The summed E-state index contributed by atoms with van der Waals surface area (Å²) in [7, 11) is -6.57. The minimum absolute atomic E-state index is 0.238. The maximum atomic E-state index is 12.2. The monoisotopic (exact) mass is 420 g/mol. The smallest absolute Gasteiger partial charge is 0.356 e. The van der Waals surface area contributed by atoms with Crippen molar-refractivity contribution in [2.45, 2.75) is 84.9 Å². The van der Waals surface area contributed by atoms with Crippen molar-refractivity contribution in [2.24, 2.45) is 0 Å². The molecule has 0 bridgehead atoms. The molecule has 1 unspecified atom stereocenters. The molecule has 0 aromatic rings. The van der Waals surface area contributed by atoms with Gasteiger partial charge in [0, 0.05) is 12.2 Å². The Morgan fingerprint density at radius 2 is 1.19 bits per heavy atom. The molecule has 0 N–H and O–H groups in total. The largest absolute Gasteiger partial charge is 0.460 e. The van der Waals surface area contributed by atoms with Gasteiger partial charge in [0.1, 0.15) is 5.73 Å². The third-order valence-electron chi connectivity index (χ3n) is 2.94. The van der Waals surface area contributed by atoms with Crippen LogP contribution in [0.2, 0.25) is 45.8 Å². The minimum atomic E-state index is -2.76. The van der Waals surface area contributed by atoms with Gasteiger partial charge in [0.15, 0.2) is 16.6 Å². The Kier molecular flexibility index (Phi) is 9.69. The second kappa shape index (κ2) is 9.98. The number of carbonyl (C=O) groups excluding carboxylic acids is 2. The summed E-state index contributed by atoms with van der Waals surface area (Å²) in [5.74, 6) is -1.16. The van der Waals surface area contributed by atoms with Crippen LogP contribution in [0, 0.1) is 0 Å². The average Bonchev–Trinajstić information content (AvgIpc) is 2.37. The molecule has 0 radical (unpaired) electrons. The van der Waals surface area contributed by atoms with E-state index in [1.165, 1.54) is 0 Å². The second-order valence-electron chi connectivity index (χ2n) is 8.60. The second-order valence-corrected chi connectivity index (χ2v) is 21.4. The van der Waals surface area contributed by atoms with Gasteiger partial charge in [-0.15, -0.1) is 0 Å². The highest BCUT2D eigenvalue weighted by Crippen LogP contribution is 2.27. The van der Waals surface area contributed by atoms with Crippen LogP contribution in [0.1, 0.15) is 27.2 Å². The molecule has 0 saturated carbocycles. The Hall–Kier alpha value is -0.749. The van der Waals surface area contributed by atoms with Crippen LogP contribution in [0.3, 0.4) is 0 Å². The molecule has 6 nitrogen and oxygen atoms in total. The van der Waals surface area contributed by atoms with Crippen molar-refractivity contribution in [1.29, 1.82) is 0 Å². The topological polar surface area (TPSA) is 71.1 Å². The van der Waals surface area contributed by atoms with Crippen molar-refractivity contribution in [1.82, 2.24) is 0 Å². The standard InChI is InChI=1S/C17H36O6Si3/c1-11-17(21-16(19)13-12-15(18)20-14(2)3)26(10,22-24(4,5)6)23-25(7,8)9/h12-14,17H,11H2,1-10H3/b13-12+. The summed E-state index contributed by atoms with van der Waals surface area (Å²) in [6.45, 7) is 20.0. The molecule has 9 heteroatoms. The molecule has 26 heavy (non-hydrogen) atoms. The molecule has 0 aliphatic carbocycles. The maximum absolute atomic E-state index is 12.2. The highest BCUT2D eigenvalue weighted by molar-refractivity contribution is 6.88. The Morgan fingerprint density at radius 3 is 1.50 bits per heavy atom. The van der Waals surface area contributed by atoms with Gasteiger partial charge in [-0.3, -0.25) is 0 Å².